The molecule has 3 aliphatic carbocycles. The minimum Gasteiger partial charge on any atom is -0.478 e. The zero-order valence-corrected chi connectivity index (χ0v) is 18.9. The highest BCUT2D eigenvalue weighted by molar-refractivity contribution is 5.95. The molecule has 33 heavy (non-hydrogen) atoms. The van der Waals surface area contributed by atoms with Crippen molar-refractivity contribution in [3.8, 4) is 28.4 Å². The summed E-state index contributed by atoms with van der Waals surface area (Å²) in [6, 6.07) is 5.86. The van der Waals surface area contributed by atoms with Crippen molar-refractivity contribution in [1.29, 1.82) is 0 Å². The van der Waals surface area contributed by atoms with E-state index < -0.39 is 5.97 Å². The molecule has 0 radical (unpaired) electrons. The Bertz CT molecular complexity index is 1270. The molecular weight excluding hydrogens is 416 g/mol. The first-order valence-corrected chi connectivity index (χ1v) is 11.7. The van der Waals surface area contributed by atoms with Crippen LogP contribution >= 0.6 is 0 Å². The van der Waals surface area contributed by atoms with Crippen molar-refractivity contribution in [3.05, 3.63) is 53.0 Å². The second kappa shape index (κ2) is 6.90. The third kappa shape index (κ3) is 3.09. The fourth-order valence-corrected chi connectivity index (χ4v) is 5.52. The van der Waals surface area contributed by atoms with Crippen LogP contribution in [-0.2, 0) is 18.3 Å². The Morgan fingerprint density at radius 1 is 1.15 bits per heavy atom. The molecule has 0 amide bonds. The van der Waals surface area contributed by atoms with Gasteiger partial charge in [-0.25, -0.2) is 9.78 Å². The van der Waals surface area contributed by atoms with Crippen LogP contribution in [0.15, 0.2) is 30.6 Å². The maximum Gasteiger partial charge on any atom is 0.337 e. The second-order valence-electron chi connectivity index (χ2n) is 10.1. The Hall–Kier alpha value is -3.19. The summed E-state index contributed by atoms with van der Waals surface area (Å²) in [5.74, 6) is -0.277. The van der Waals surface area contributed by atoms with E-state index in [4.69, 9.17) is 10.5 Å². The Labute approximate surface area is 192 Å². The second-order valence-corrected chi connectivity index (χ2v) is 10.1. The number of hydrogen-bond acceptors (Lipinski definition) is 5. The van der Waals surface area contributed by atoms with E-state index in [1.54, 1.807) is 6.20 Å². The molecule has 6 rings (SSSR count). The number of rotatable bonds is 6. The van der Waals surface area contributed by atoms with Gasteiger partial charge in [0.25, 0.3) is 0 Å². The molecule has 170 valence electrons. The van der Waals surface area contributed by atoms with E-state index in [0.717, 1.165) is 71.4 Å². The molecule has 0 aromatic carbocycles. The number of aromatic nitrogens is 3. The number of nitrogens with zero attached hydrogens (tertiary/aromatic N) is 2. The maximum atomic E-state index is 12.4. The molecule has 2 saturated carbocycles. The number of H-pyrrole nitrogens is 1. The van der Waals surface area contributed by atoms with Crippen LogP contribution in [0, 0.1) is 0 Å². The van der Waals surface area contributed by atoms with Gasteiger partial charge in [0.15, 0.2) is 0 Å². The first-order valence-electron chi connectivity index (χ1n) is 11.7. The van der Waals surface area contributed by atoms with Gasteiger partial charge in [0.1, 0.15) is 0 Å². The van der Waals surface area contributed by atoms with Crippen molar-refractivity contribution in [2.24, 2.45) is 5.73 Å². The van der Waals surface area contributed by atoms with E-state index in [-0.39, 0.29) is 17.1 Å². The Morgan fingerprint density at radius 2 is 1.94 bits per heavy atom. The minimum absolute atomic E-state index is 0.0622. The van der Waals surface area contributed by atoms with Crippen molar-refractivity contribution >= 4 is 5.97 Å². The van der Waals surface area contributed by atoms with Crippen LogP contribution in [0.5, 0.6) is 5.88 Å². The Balaban J connectivity index is 1.43. The summed E-state index contributed by atoms with van der Waals surface area (Å²) in [6.07, 6.45) is 9.03. The highest BCUT2D eigenvalue weighted by Crippen LogP contribution is 2.64. The van der Waals surface area contributed by atoms with Gasteiger partial charge in [-0.2, -0.15) is 0 Å². The van der Waals surface area contributed by atoms with E-state index in [0.29, 0.717) is 17.9 Å². The molecule has 0 aliphatic heterocycles. The summed E-state index contributed by atoms with van der Waals surface area (Å²) in [5, 5.41) is 10.2. The lowest BCUT2D eigenvalue weighted by Gasteiger charge is -2.22. The first kappa shape index (κ1) is 20.4. The number of carboxylic acid groups (broad SMARTS) is 1. The quantitative estimate of drug-likeness (QED) is 0.524. The largest absolute Gasteiger partial charge is 0.478 e. The maximum absolute atomic E-state index is 12.4. The van der Waals surface area contributed by atoms with Crippen LogP contribution in [0.2, 0.25) is 0 Å². The molecule has 3 aromatic heterocycles. The van der Waals surface area contributed by atoms with Gasteiger partial charge < -0.3 is 20.6 Å². The molecule has 4 N–H and O–H groups in total. The van der Waals surface area contributed by atoms with E-state index in [1.165, 1.54) is 0 Å². The molecule has 0 saturated heterocycles. The van der Waals surface area contributed by atoms with Crippen LogP contribution in [0.25, 0.3) is 22.5 Å². The third-order valence-corrected chi connectivity index (χ3v) is 7.58. The van der Waals surface area contributed by atoms with E-state index >= 15 is 0 Å². The number of aromatic carboxylic acids is 1. The Kier molecular flexibility index (Phi) is 4.27. The smallest absolute Gasteiger partial charge is 0.337 e. The summed E-state index contributed by atoms with van der Waals surface area (Å²) in [5.41, 5.74) is 13.1. The molecule has 2 fully saturated rings. The molecule has 0 unspecified atom stereocenters. The molecular formula is C26H28N4O3. The molecule has 0 atom stereocenters. The number of hydrogen-bond donors (Lipinski definition) is 3. The van der Waals surface area contributed by atoms with E-state index in [2.05, 4.69) is 15.0 Å². The lowest BCUT2D eigenvalue weighted by molar-refractivity contribution is 0.0693. The van der Waals surface area contributed by atoms with Crippen LogP contribution in [0.4, 0.5) is 0 Å². The third-order valence-electron chi connectivity index (χ3n) is 7.58. The average molecular weight is 445 g/mol. The normalized spacial score (nSPS) is 19.0. The number of fused-ring (bicyclic) bond motifs is 3. The summed E-state index contributed by atoms with van der Waals surface area (Å²) in [6.45, 7) is 3.94. The van der Waals surface area contributed by atoms with E-state index in [1.807, 2.05) is 38.2 Å². The van der Waals surface area contributed by atoms with Gasteiger partial charge >= 0.3 is 5.97 Å². The van der Waals surface area contributed by atoms with Gasteiger partial charge in [0, 0.05) is 46.2 Å². The van der Waals surface area contributed by atoms with Crippen molar-refractivity contribution in [3.63, 3.8) is 0 Å². The summed E-state index contributed by atoms with van der Waals surface area (Å²) in [7, 11) is 0. The topological polar surface area (TPSA) is 114 Å². The van der Waals surface area contributed by atoms with Crippen molar-refractivity contribution in [2.45, 2.75) is 69.4 Å². The molecule has 3 aromatic rings. The van der Waals surface area contributed by atoms with Crippen molar-refractivity contribution in [2.75, 3.05) is 0 Å². The van der Waals surface area contributed by atoms with Crippen LogP contribution < -0.4 is 10.5 Å². The number of aryl methyl sites for hydroxylation is 1. The minimum atomic E-state index is -0.860. The monoisotopic (exact) mass is 444 g/mol. The lowest BCUT2D eigenvalue weighted by Crippen LogP contribution is -2.38. The predicted octanol–water partition coefficient (Wildman–Crippen LogP) is 4.25. The lowest BCUT2D eigenvalue weighted by atomic mass is 9.85. The highest BCUT2D eigenvalue weighted by Gasteiger charge is 2.66. The molecule has 3 aliphatic rings. The van der Waals surface area contributed by atoms with Gasteiger partial charge in [0.05, 0.1) is 23.1 Å². The molecule has 0 spiro atoms. The SMILES string of the molecule is CC(C)Oc1ccc(-c2cc3c(cn2)CCc2c-3[nH]c(C3(C4(N)CC4)CC3)c2C(=O)O)cn1. The van der Waals surface area contributed by atoms with Gasteiger partial charge in [-0.05, 0) is 75.6 Å². The van der Waals surface area contributed by atoms with Crippen LogP contribution in [-0.4, -0.2) is 37.7 Å². The average Bonchev–Trinajstić information content (AvgIpc) is 3.71. The molecule has 0 bridgehead atoms. The standard InChI is InChI=1S/C26H28N4O3/c1-14(2)33-20-6-4-16(13-29-20)19-11-18-15(12-28-19)3-5-17-21(24(31)32)23(30-22(17)18)25(7-8-25)26(27)9-10-26/h4,6,11-14,30H,3,5,7-10,27H2,1-2H3,(H,31,32). The van der Waals surface area contributed by atoms with Gasteiger partial charge in [-0.3, -0.25) is 4.98 Å². The number of carboxylic acids is 1. The number of pyridine rings is 2. The number of nitrogens with two attached hydrogens (primary N) is 1. The zero-order chi connectivity index (χ0) is 23.0. The zero-order valence-electron chi connectivity index (χ0n) is 18.9. The van der Waals surface area contributed by atoms with Gasteiger partial charge in [0.2, 0.25) is 5.88 Å². The molecule has 3 heterocycles. The summed E-state index contributed by atoms with van der Waals surface area (Å²) < 4.78 is 5.65. The van der Waals surface area contributed by atoms with Crippen LogP contribution in [0.3, 0.4) is 0 Å². The summed E-state index contributed by atoms with van der Waals surface area (Å²) >= 11 is 0. The first-order chi connectivity index (χ1) is 15.8. The predicted molar refractivity (Wildman–Crippen MR) is 124 cm³/mol. The fourth-order valence-electron chi connectivity index (χ4n) is 5.52. The molecule has 7 heteroatoms. The number of ether oxygens (including phenoxy) is 1. The number of aromatic amines is 1. The van der Waals surface area contributed by atoms with Crippen LogP contribution in [0.1, 0.15) is 66.7 Å². The number of carbonyl (C=O) groups is 1. The fraction of sp³-hybridized carbons (Fsp3) is 0.423. The van der Waals surface area contributed by atoms with Gasteiger partial charge in [-0.1, -0.05) is 0 Å². The van der Waals surface area contributed by atoms with Gasteiger partial charge in [-0.15, -0.1) is 0 Å². The van der Waals surface area contributed by atoms with Crippen molar-refractivity contribution < 1.29 is 14.6 Å². The highest BCUT2D eigenvalue weighted by atomic mass is 16.5. The molecule has 7 nitrogen and oxygen atoms in total. The summed E-state index contributed by atoms with van der Waals surface area (Å²) in [4.78, 5) is 25.0. The van der Waals surface area contributed by atoms with Crippen molar-refractivity contribution in [1.82, 2.24) is 15.0 Å². The number of nitrogens with one attached hydrogen (secondary N) is 1. The van der Waals surface area contributed by atoms with E-state index in [9.17, 15) is 9.90 Å². The Morgan fingerprint density at radius 3 is 2.55 bits per heavy atom.